The molecule has 2 saturated heterocycles. The Hall–Kier alpha value is -0.570. The molecule has 108 valence electrons. The highest BCUT2D eigenvalue weighted by Gasteiger charge is 2.31. The monoisotopic (exact) mass is 264 g/mol. The zero-order chi connectivity index (χ0) is 13.1. The molecule has 2 heterocycles. The topological polar surface area (TPSA) is 32.3 Å². The van der Waals surface area contributed by atoms with E-state index in [4.69, 9.17) is 0 Å². The number of hydrogen-bond donors (Lipinski definition) is 1. The van der Waals surface area contributed by atoms with Crippen LogP contribution in [0.1, 0.15) is 64.2 Å². The molecule has 2 bridgehead atoms. The quantitative estimate of drug-likeness (QED) is 0.850. The Bertz CT molecular complexity index is 312. The normalized spacial score (nSPS) is 32.3. The third kappa shape index (κ3) is 3.50. The number of carbonyl (C=O) groups excluding carboxylic acids is 1. The van der Waals surface area contributed by atoms with Crippen molar-refractivity contribution in [2.75, 3.05) is 13.1 Å². The van der Waals surface area contributed by atoms with Crippen LogP contribution >= 0.6 is 0 Å². The molecule has 1 aliphatic carbocycles. The average Bonchev–Trinajstić information content (AvgIpc) is 2.77. The second-order valence-electron chi connectivity index (χ2n) is 6.81. The number of rotatable bonds is 3. The summed E-state index contributed by atoms with van der Waals surface area (Å²) in [5, 5.41) is 3.65. The van der Waals surface area contributed by atoms with Crippen LogP contribution in [0.3, 0.4) is 0 Å². The smallest absolute Gasteiger partial charge is 0.222 e. The second kappa shape index (κ2) is 6.25. The van der Waals surface area contributed by atoms with Crippen LogP contribution < -0.4 is 5.32 Å². The Balaban J connectivity index is 1.44. The average molecular weight is 264 g/mol. The van der Waals surface area contributed by atoms with Gasteiger partial charge in [-0.05, 0) is 31.6 Å². The number of nitrogens with zero attached hydrogens (tertiary/aromatic N) is 1. The molecule has 2 aliphatic heterocycles. The highest BCUT2D eigenvalue weighted by Crippen LogP contribution is 2.28. The van der Waals surface area contributed by atoms with Crippen molar-refractivity contribution in [1.29, 1.82) is 0 Å². The molecule has 0 aromatic carbocycles. The van der Waals surface area contributed by atoms with Gasteiger partial charge in [0.25, 0.3) is 0 Å². The first kappa shape index (κ1) is 13.4. The number of likely N-dealkylation sites (tertiary alicyclic amines) is 1. The largest absolute Gasteiger partial charge is 0.341 e. The summed E-state index contributed by atoms with van der Waals surface area (Å²) >= 11 is 0. The number of amides is 1. The first-order valence-electron chi connectivity index (χ1n) is 8.35. The SMILES string of the molecule is O=C(CCC1CCCCC1)N1CCC2CCC(C1)N2. The molecule has 1 saturated carbocycles. The molecular formula is C16H28N2O. The summed E-state index contributed by atoms with van der Waals surface area (Å²) in [7, 11) is 0. The number of nitrogens with one attached hydrogen (secondary N) is 1. The molecule has 3 aliphatic rings. The predicted molar refractivity (Wildman–Crippen MR) is 77.0 cm³/mol. The Morgan fingerprint density at radius 2 is 1.79 bits per heavy atom. The van der Waals surface area contributed by atoms with Gasteiger partial charge in [0.05, 0.1) is 0 Å². The Morgan fingerprint density at radius 3 is 2.63 bits per heavy atom. The maximum Gasteiger partial charge on any atom is 0.222 e. The van der Waals surface area contributed by atoms with Gasteiger partial charge in [-0.3, -0.25) is 4.79 Å². The van der Waals surface area contributed by atoms with Crippen LogP contribution in [0.2, 0.25) is 0 Å². The number of hydrogen-bond acceptors (Lipinski definition) is 2. The van der Waals surface area contributed by atoms with Gasteiger partial charge in [-0.25, -0.2) is 0 Å². The van der Waals surface area contributed by atoms with Crippen molar-refractivity contribution in [3.05, 3.63) is 0 Å². The minimum absolute atomic E-state index is 0.417. The summed E-state index contributed by atoms with van der Waals surface area (Å²) in [4.78, 5) is 14.5. The zero-order valence-electron chi connectivity index (χ0n) is 12.1. The van der Waals surface area contributed by atoms with E-state index in [0.29, 0.717) is 18.0 Å². The van der Waals surface area contributed by atoms with Gasteiger partial charge in [-0.15, -0.1) is 0 Å². The van der Waals surface area contributed by atoms with Crippen molar-refractivity contribution in [1.82, 2.24) is 10.2 Å². The van der Waals surface area contributed by atoms with Crippen LogP contribution in [0.25, 0.3) is 0 Å². The highest BCUT2D eigenvalue weighted by atomic mass is 16.2. The van der Waals surface area contributed by atoms with E-state index in [9.17, 15) is 4.79 Å². The van der Waals surface area contributed by atoms with Crippen LogP contribution in [-0.2, 0) is 4.79 Å². The van der Waals surface area contributed by atoms with Gasteiger partial charge in [0.15, 0.2) is 0 Å². The first-order valence-corrected chi connectivity index (χ1v) is 8.35. The van der Waals surface area contributed by atoms with Crippen LogP contribution in [-0.4, -0.2) is 36.0 Å². The van der Waals surface area contributed by atoms with E-state index in [-0.39, 0.29) is 0 Å². The van der Waals surface area contributed by atoms with E-state index < -0.39 is 0 Å². The Kier molecular flexibility index (Phi) is 4.42. The van der Waals surface area contributed by atoms with Crippen LogP contribution in [0.4, 0.5) is 0 Å². The van der Waals surface area contributed by atoms with Crippen molar-refractivity contribution in [2.24, 2.45) is 5.92 Å². The minimum Gasteiger partial charge on any atom is -0.341 e. The van der Waals surface area contributed by atoms with Crippen LogP contribution in [0, 0.1) is 5.92 Å². The maximum atomic E-state index is 12.4. The minimum atomic E-state index is 0.417. The fourth-order valence-corrected chi connectivity index (χ4v) is 4.13. The van der Waals surface area contributed by atoms with E-state index in [1.54, 1.807) is 0 Å². The maximum absolute atomic E-state index is 12.4. The molecule has 2 unspecified atom stereocenters. The molecule has 2 atom stereocenters. The third-order valence-electron chi connectivity index (χ3n) is 5.37. The number of fused-ring (bicyclic) bond motifs is 2. The van der Waals surface area contributed by atoms with Crippen molar-refractivity contribution in [3.63, 3.8) is 0 Å². The van der Waals surface area contributed by atoms with Gasteiger partial charge < -0.3 is 10.2 Å². The molecule has 0 radical (unpaired) electrons. The predicted octanol–water partition coefficient (Wildman–Crippen LogP) is 2.70. The van der Waals surface area contributed by atoms with E-state index in [1.807, 2.05) is 0 Å². The lowest BCUT2D eigenvalue weighted by molar-refractivity contribution is -0.131. The lowest BCUT2D eigenvalue weighted by Crippen LogP contribution is -2.39. The van der Waals surface area contributed by atoms with Gasteiger partial charge in [0, 0.05) is 31.6 Å². The lowest BCUT2D eigenvalue weighted by Gasteiger charge is -2.26. The Labute approximate surface area is 117 Å². The molecule has 0 aromatic rings. The number of carbonyl (C=O) groups is 1. The molecule has 0 aromatic heterocycles. The fraction of sp³-hybridized carbons (Fsp3) is 0.938. The molecule has 3 rings (SSSR count). The van der Waals surface area contributed by atoms with E-state index in [0.717, 1.165) is 38.3 Å². The molecule has 0 spiro atoms. The van der Waals surface area contributed by atoms with Crippen LogP contribution in [0.15, 0.2) is 0 Å². The second-order valence-corrected chi connectivity index (χ2v) is 6.81. The van der Waals surface area contributed by atoms with Gasteiger partial charge >= 0.3 is 0 Å². The van der Waals surface area contributed by atoms with E-state index >= 15 is 0 Å². The Morgan fingerprint density at radius 1 is 1.00 bits per heavy atom. The summed E-state index contributed by atoms with van der Waals surface area (Å²) < 4.78 is 0. The molecular weight excluding hydrogens is 236 g/mol. The molecule has 1 amide bonds. The van der Waals surface area contributed by atoms with Crippen molar-refractivity contribution in [2.45, 2.75) is 76.3 Å². The molecule has 3 fully saturated rings. The zero-order valence-corrected chi connectivity index (χ0v) is 12.1. The molecule has 1 N–H and O–H groups in total. The fourth-order valence-electron chi connectivity index (χ4n) is 4.13. The van der Waals surface area contributed by atoms with Gasteiger partial charge in [-0.1, -0.05) is 32.1 Å². The molecule has 3 nitrogen and oxygen atoms in total. The summed E-state index contributed by atoms with van der Waals surface area (Å²) in [6.45, 7) is 1.94. The lowest BCUT2D eigenvalue weighted by atomic mass is 9.86. The summed E-state index contributed by atoms with van der Waals surface area (Å²) in [5.74, 6) is 1.25. The van der Waals surface area contributed by atoms with Crippen molar-refractivity contribution >= 4 is 5.91 Å². The standard InChI is InChI=1S/C16H28N2O/c19-16(9-6-13-4-2-1-3-5-13)18-11-10-14-7-8-15(12-18)17-14/h13-15,17H,1-12H2. The van der Waals surface area contributed by atoms with Gasteiger partial charge in [-0.2, -0.15) is 0 Å². The van der Waals surface area contributed by atoms with E-state index in [1.165, 1.54) is 44.9 Å². The summed E-state index contributed by atoms with van der Waals surface area (Å²) in [5.41, 5.74) is 0. The summed E-state index contributed by atoms with van der Waals surface area (Å²) in [6.07, 6.45) is 12.6. The van der Waals surface area contributed by atoms with Crippen molar-refractivity contribution in [3.8, 4) is 0 Å². The first-order chi connectivity index (χ1) is 9.31. The molecule has 19 heavy (non-hydrogen) atoms. The van der Waals surface area contributed by atoms with Crippen LogP contribution in [0.5, 0.6) is 0 Å². The van der Waals surface area contributed by atoms with Crippen molar-refractivity contribution < 1.29 is 4.79 Å². The summed E-state index contributed by atoms with van der Waals surface area (Å²) in [6, 6.07) is 1.26. The third-order valence-corrected chi connectivity index (χ3v) is 5.37. The van der Waals surface area contributed by atoms with E-state index in [2.05, 4.69) is 10.2 Å². The van der Waals surface area contributed by atoms with Gasteiger partial charge in [0.1, 0.15) is 0 Å². The van der Waals surface area contributed by atoms with Gasteiger partial charge in [0.2, 0.25) is 5.91 Å². The molecule has 3 heteroatoms. The highest BCUT2D eigenvalue weighted by molar-refractivity contribution is 5.76.